The van der Waals surface area contributed by atoms with Crippen LogP contribution >= 0.6 is 0 Å². The van der Waals surface area contributed by atoms with Gasteiger partial charge in [-0.25, -0.2) is 0 Å². The number of anilines is 1. The van der Waals surface area contributed by atoms with Crippen LogP contribution in [0.25, 0.3) is 0 Å². The van der Waals surface area contributed by atoms with Gasteiger partial charge in [-0.2, -0.15) is 0 Å². The third-order valence-corrected chi connectivity index (χ3v) is 3.74. The van der Waals surface area contributed by atoms with Gasteiger partial charge in [0.2, 0.25) is 0 Å². The molecule has 3 rings (SSSR count). The molecule has 0 spiro atoms. The van der Waals surface area contributed by atoms with Crippen LogP contribution in [0.5, 0.6) is 11.5 Å². The van der Waals surface area contributed by atoms with E-state index in [9.17, 15) is 4.79 Å². The number of rotatable bonds is 7. The normalized spacial score (nSPS) is 10.2. The zero-order valence-corrected chi connectivity index (χ0v) is 14.6. The molecule has 1 N–H and O–H groups in total. The van der Waals surface area contributed by atoms with Crippen LogP contribution in [0.4, 0.5) is 5.69 Å². The van der Waals surface area contributed by atoms with Crippen molar-refractivity contribution in [3.63, 3.8) is 0 Å². The van der Waals surface area contributed by atoms with Gasteiger partial charge in [0.15, 0.2) is 0 Å². The van der Waals surface area contributed by atoms with Crippen LogP contribution in [0.1, 0.15) is 15.9 Å². The summed E-state index contributed by atoms with van der Waals surface area (Å²) in [5, 5.41) is 2.89. The van der Waals surface area contributed by atoms with Crippen molar-refractivity contribution in [3.8, 4) is 11.5 Å². The van der Waals surface area contributed by atoms with E-state index >= 15 is 0 Å². The highest BCUT2D eigenvalue weighted by molar-refractivity contribution is 6.04. The fourth-order valence-corrected chi connectivity index (χ4v) is 2.49. The topological polar surface area (TPSA) is 47.6 Å². The number of carbonyl (C=O) groups is 1. The molecule has 0 radical (unpaired) electrons. The van der Waals surface area contributed by atoms with E-state index in [1.807, 2.05) is 73.7 Å². The summed E-state index contributed by atoms with van der Waals surface area (Å²) in [5.74, 6) is 1.36. The molecule has 0 aliphatic carbocycles. The van der Waals surface area contributed by atoms with Gasteiger partial charge >= 0.3 is 0 Å². The standard InChI is InChI=1S/C22H21NO3/c1-17-7-5-8-18(15-17)22(24)23-19-9-6-12-21(16-19)26-14-13-25-20-10-3-2-4-11-20/h2-12,15-16H,13-14H2,1H3,(H,23,24). The Labute approximate surface area is 153 Å². The van der Waals surface area contributed by atoms with Gasteiger partial charge in [-0.3, -0.25) is 4.79 Å². The smallest absolute Gasteiger partial charge is 0.255 e. The van der Waals surface area contributed by atoms with E-state index in [2.05, 4.69) is 5.32 Å². The molecule has 0 unspecified atom stereocenters. The van der Waals surface area contributed by atoms with E-state index in [1.165, 1.54) is 0 Å². The molecule has 26 heavy (non-hydrogen) atoms. The van der Waals surface area contributed by atoms with E-state index in [-0.39, 0.29) is 5.91 Å². The van der Waals surface area contributed by atoms with Crippen LogP contribution in [0.2, 0.25) is 0 Å². The maximum Gasteiger partial charge on any atom is 0.255 e. The van der Waals surface area contributed by atoms with Crippen molar-refractivity contribution in [2.75, 3.05) is 18.5 Å². The molecule has 0 aliphatic rings. The summed E-state index contributed by atoms with van der Waals surface area (Å²) < 4.78 is 11.3. The van der Waals surface area contributed by atoms with Crippen molar-refractivity contribution in [2.45, 2.75) is 6.92 Å². The maximum atomic E-state index is 12.3. The van der Waals surface area contributed by atoms with Gasteiger partial charge in [0.25, 0.3) is 5.91 Å². The van der Waals surface area contributed by atoms with Gasteiger partial charge in [0.05, 0.1) is 0 Å². The minimum Gasteiger partial charge on any atom is -0.490 e. The Morgan fingerprint density at radius 3 is 2.27 bits per heavy atom. The monoisotopic (exact) mass is 347 g/mol. The van der Waals surface area contributed by atoms with Crippen LogP contribution < -0.4 is 14.8 Å². The molecule has 3 aromatic carbocycles. The molecule has 3 aromatic rings. The molecular weight excluding hydrogens is 326 g/mol. The number of hydrogen-bond donors (Lipinski definition) is 1. The lowest BCUT2D eigenvalue weighted by Gasteiger charge is -2.10. The minimum absolute atomic E-state index is 0.140. The summed E-state index contributed by atoms with van der Waals surface area (Å²) in [7, 11) is 0. The Bertz CT molecular complexity index is 862. The lowest BCUT2D eigenvalue weighted by atomic mass is 10.1. The van der Waals surface area contributed by atoms with E-state index in [0.717, 1.165) is 11.3 Å². The molecule has 1 amide bonds. The molecule has 0 saturated heterocycles. The van der Waals surface area contributed by atoms with E-state index in [0.29, 0.717) is 30.2 Å². The number of carbonyl (C=O) groups excluding carboxylic acids is 1. The van der Waals surface area contributed by atoms with Crippen molar-refractivity contribution in [1.82, 2.24) is 0 Å². The average Bonchev–Trinajstić information content (AvgIpc) is 2.66. The molecule has 0 aliphatic heterocycles. The third-order valence-electron chi connectivity index (χ3n) is 3.74. The molecule has 0 bridgehead atoms. The predicted octanol–water partition coefficient (Wildman–Crippen LogP) is 4.71. The fourth-order valence-electron chi connectivity index (χ4n) is 2.49. The van der Waals surface area contributed by atoms with E-state index in [4.69, 9.17) is 9.47 Å². The zero-order chi connectivity index (χ0) is 18.2. The molecule has 132 valence electrons. The number of aryl methyl sites for hydroxylation is 1. The van der Waals surface area contributed by atoms with Crippen LogP contribution in [0.3, 0.4) is 0 Å². The fraction of sp³-hybridized carbons (Fsp3) is 0.136. The van der Waals surface area contributed by atoms with Gasteiger partial charge in [0, 0.05) is 17.3 Å². The van der Waals surface area contributed by atoms with Crippen molar-refractivity contribution in [1.29, 1.82) is 0 Å². The number of para-hydroxylation sites is 1. The first kappa shape index (κ1) is 17.5. The van der Waals surface area contributed by atoms with Crippen molar-refractivity contribution < 1.29 is 14.3 Å². The second kappa shape index (κ2) is 8.72. The first-order valence-electron chi connectivity index (χ1n) is 8.49. The van der Waals surface area contributed by atoms with Gasteiger partial charge in [0.1, 0.15) is 24.7 Å². The average molecular weight is 347 g/mol. The maximum absolute atomic E-state index is 12.3. The second-order valence-corrected chi connectivity index (χ2v) is 5.86. The molecule has 0 aromatic heterocycles. The quantitative estimate of drug-likeness (QED) is 0.630. The molecule has 4 nitrogen and oxygen atoms in total. The summed E-state index contributed by atoms with van der Waals surface area (Å²) >= 11 is 0. The highest BCUT2D eigenvalue weighted by atomic mass is 16.5. The summed E-state index contributed by atoms with van der Waals surface area (Å²) in [4.78, 5) is 12.3. The Morgan fingerprint density at radius 1 is 0.808 bits per heavy atom. The number of nitrogens with one attached hydrogen (secondary N) is 1. The molecule has 0 saturated carbocycles. The first-order valence-corrected chi connectivity index (χ1v) is 8.49. The van der Waals surface area contributed by atoms with Crippen LogP contribution in [-0.4, -0.2) is 19.1 Å². The highest BCUT2D eigenvalue weighted by Crippen LogP contribution is 2.18. The summed E-state index contributed by atoms with van der Waals surface area (Å²) in [6.45, 7) is 2.83. The van der Waals surface area contributed by atoms with Crippen LogP contribution in [0, 0.1) is 6.92 Å². The number of amides is 1. The summed E-state index contributed by atoms with van der Waals surface area (Å²) in [5.41, 5.74) is 2.37. The lowest BCUT2D eigenvalue weighted by Crippen LogP contribution is -2.12. The van der Waals surface area contributed by atoms with Crippen molar-refractivity contribution >= 4 is 11.6 Å². The van der Waals surface area contributed by atoms with Gasteiger partial charge in [-0.1, -0.05) is 42.0 Å². The summed E-state index contributed by atoms with van der Waals surface area (Å²) in [6.07, 6.45) is 0. The Hall–Kier alpha value is -3.27. The Balaban J connectivity index is 1.52. The van der Waals surface area contributed by atoms with Crippen molar-refractivity contribution in [2.24, 2.45) is 0 Å². The molecule has 0 fully saturated rings. The van der Waals surface area contributed by atoms with E-state index in [1.54, 1.807) is 12.1 Å². The van der Waals surface area contributed by atoms with Gasteiger partial charge in [-0.15, -0.1) is 0 Å². The molecule has 0 atom stereocenters. The highest BCUT2D eigenvalue weighted by Gasteiger charge is 2.06. The second-order valence-electron chi connectivity index (χ2n) is 5.86. The largest absolute Gasteiger partial charge is 0.490 e. The number of hydrogen-bond acceptors (Lipinski definition) is 3. The number of ether oxygens (including phenoxy) is 2. The Morgan fingerprint density at radius 2 is 1.50 bits per heavy atom. The third kappa shape index (κ3) is 5.11. The minimum atomic E-state index is -0.140. The van der Waals surface area contributed by atoms with Crippen LogP contribution in [0.15, 0.2) is 78.9 Å². The lowest BCUT2D eigenvalue weighted by molar-refractivity contribution is 0.102. The first-order chi connectivity index (χ1) is 12.7. The Kier molecular flexibility index (Phi) is 5.88. The molecule has 4 heteroatoms. The van der Waals surface area contributed by atoms with Crippen LogP contribution in [-0.2, 0) is 0 Å². The number of benzene rings is 3. The molecule has 0 heterocycles. The zero-order valence-electron chi connectivity index (χ0n) is 14.6. The summed E-state index contributed by atoms with van der Waals surface area (Å²) in [6, 6.07) is 24.4. The van der Waals surface area contributed by atoms with E-state index < -0.39 is 0 Å². The van der Waals surface area contributed by atoms with Gasteiger partial charge < -0.3 is 14.8 Å². The predicted molar refractivity (Wildman–Crippen MR) is 103 cm³/mol. The SMILES string of the molecule is Cc1cccc(C(=O)Nc2cccc(OCCOc3ccccc3)c2)c1. The molecular formula is C22H21NO3. The van der Waals surface area contributed by atoms with Crippen molar-refractivity contribution in [3.05, 3.63) is 90.0 Å². The van der Waals surface area contributed by atoms with Gasteiger partial charge in [-0.05, 0) is 43.3 Å².